The summed E-state index contributed by atoms with van der Waals surface area (Å²) in [6, 6.07) is 6.18. The van der Waals surface area contributed by atoms with Gasteiger partial charge in [-0.05, 0) is 58.1 Å². The highest BCUT2D eigenvalue weighted by atomic mass is 32.2. The molecule has 1 saturated carbocycles. The second-order valence-electron chi connectivity index (χ2n) is 8.15. The first-order valence-corrected chi connectivity index (χ1v) is 11.2. The lowest BCUT2D eigenvalue weighted by Gasteiger charge is -2.20. The van der Waals surface area contributed by atoms with Crippen molar-refractivity contribution in [3.05, 3.63) is 29.3 Å². The Bertz CT molecular complexity index is 763. The zero-order valence-corrected chi connectivity index (χ0v) is 17.9. The molecule has 0 saturated heterocycles. The number of ether oxygens (including phenoxy) is 1. The maximum atomic E-state index is 12.2. The van der Waals surface area contributed by atoms with Crippen LogP contribution in [0.2, 0.25) is 0 Å². The van der Waals surface area contributed by atoms with Crippen LogP contribution in [0.3, 0.4) is 0 Å². The summed E-state index contributed by atoms with van der Waals surface area (Å²) in [5.74, 6) is 2.25. The van der Waals surface area contributed by atoms with E-state index in [1.54, 1.807) is 27.8 Å². The van der Waals surface area contributed by atoms with Crippen molar-refractivity contribution in [2.24, 2.45) is 10.9 Å². The van der Waals surface area contributed by atoms with Gasteiger partial charge < -0.3 is 15.4 Å². The number of nitrogens with one attached hydrogen (secondary N) is 2. The van der Waals surface area contributed by atoms with Crippen molar-refractivity contribution < 1.29 is 13.2 Å². The highest BCUT2D eigenvalue weighted by Gasteiger charge is 2.28. The zero-order chi connectivity index (χ0) is 20.1. The van der Waals surface area contributed by atoms with Crippen molar-refractivity contribution in [2.75, 3.05) is 26.0 Å². The van der Waals surface area contributed by atoms with E-state index in [4.69, 9.17) is 4.74 Å². The number of benzene rings is 1. The minimum absolute atomic E-state index is 0.0669. The average molecular weight is 396 g/mol. The summed E-state index contributed by atoms with van der Waals surface area (Å²) in [4.78, 5) is 4.18. The molecule has 1 aliphatic rings. The second kappa shape index (κ2) is 8.95. The molecule has 2 N–H and O–H groups in total. The number of hydrogen-bond donors (Lipinski definition) is 2. The van der Waals surface area contributed by atoms with E-state index in [0.29, 0.717) is 25.0 Å². The molecule has 0 amide bonds. The van der Waals surface area contributed by atoms with Crippen molar-refractivity contribution in [2.45, 2.75) is 51.8 Å². The van der Waals surface area contributed by atoms with Gasteiger partial charge >= 0.3 is 0 Å². The lowest BCUT2D eigenvalue weighted by molar-refractivity contribution is 0.296. The number of guanidine groups is 1. The molecule has 2 rings (SSSR count). The fourth-order valence-corrected chi connectivity index (χ4v) is 3.43. The number of aliphatic imine (C=N–C) groups is 1. The molecule has 7 heteroatoms. The lowest BCUT2D eigenvalue weighted by Crippen LogP contribution is -2.41. The zero-order valence-electron chi connectivity index (χ0n) is 17.1. The molecule has 0 aromatic heterocycles. The molecule has 27 heavy (non-hydrogen) atoms. The molecular weight excluding hydrogens is 362 g/mol. The highest BCUT2D eigenvalue weighted by molar-refractivity contribution is 7.92. The van der Waals surface area contributed by atoms with E-state index >= 15 is 0 Å². The van der Waals surface area contributed by atoms with Crippen LogP contribution >= 0.6 is 0 Å². The first-order valence-electron chi connectivity index (χ1n) is 9.51. The summed E-state index contributed by atoms with van der Waals surface area (Å²) in [7, 11) is -1.48. The van der Waals surface area contributed by atoms with Crippen molar-refractivity contribution in [3.63, 3.8) is 0 Å². The van der Waals surface area contributed by atoms with Crippen LogP contribution in [0.1, 0.15) is 44.7 Å². The number of rotatable bonds is 8. The van der Waals surface area contributed by atoms with Crippen LogP contribution in [0.15, 0.2) is 23.2 Å². The molecular formula is C20H33N3O3S. The van der Waals surface area contributed by atoms with E-state index in [2.05, 4.69) is 40.7 Å². The normalized spacial score (nSPS) is 15.5. The molecule has 0 radical (unpaired) electrons. The Hall–Kier alpha value is -1.76. The van der Waals surface area contributed by atoms with Gasteiger partial charge in [0.1, 0.15) is 5.75 Å². The molecule has 152 valence electrons. The third-order valence-corrected chi connectivity index (χ3v) is 7.27. The topological polar surface area (TPSA) is 79.8 Å². The minimum Gasteiger partial charge on any atom is -0.493 e. The molecule has 1 aliphatic carbocycles. The van der Waals surface area contributed by atoms with Gasteiger partial charge in [-0.15, -0.1) is 0 Å². The van der Waals surface area contributed by atoms with Crippen LogP contribution in [-0.2, 0) is 16.4 Å². The summed E-state index contributed by atoms with van der Waals surface area (Å²) in [6.07, 6.45) is 2.51. The molecule has 0 heterocycles. The summed E-state index contributed by atoms with van der Waals surface area (Å²) in [5, 5.41) is 6.32. The first kappa shape index (κ1) is 21.5. The van der Waals surface area contributed by atoms with Gasteiger partial charge in [0.25, 0.3) is 0 Å². The maximum Gasteiger partial charge on any atom is 0.191 e. The van der Waals surface area contributed by atoms with Gasteiger partial charge in [-0.25, -0.2) is 8.42 Å². The van der Waals surface area contributed by atoms with Crippen LogP contribution in [0.4, 0.5) is 0 Å². The van der Waals surface area contributed by atoms with Crippen molar-refractivity contribution in [1.82, 2.24) is 10.6 Å². The van der Waals surface area contributed by atoms with E-state index < -0.39 is 14.6 Å². The molecule has 6 nitrogen and oxygen atoms in total. The van der Waals surface area contributed by atoms with E-state index in [1.807, 2.05) is 0 Å². The smallest absolute Gasteiger partial charge is 0.191 e. The summed E-state index contributed by atoms with van der Waals surface area (Å²) in [5.41, 5.74) is 2.23. The lowest BCUT2D eigenvalue weighted by atomic mass is 10.1. The Morgan fingerprint density at radius 1 is 1.26 bits per heavy atom. The first-order chi connectivity index (χ1) is 12.6. The predicted molar refractivity (Wildman–Crippen MR) is 111 cm³/mol. The highest BCUT2D eigenvalue weighted by Crippen LogP contribution is 2.30. The Morgan fingerprint density at radius 3 is 2.56 bits per heavy atom. The Labute approximate surface area is 163 Å². The summed E-state index contributed by atoms with van der Waals surface area (Å²) < 4.78 is 29.6. The van der Waals surface area contributed by atoms with E-state index in [-0.39, 0.29) is 5.75 Å². The molecule has 1 aromatic rings. The molecule has 1 aromatic carbocycles. The van der Waals surface area contributed by atoms with Crippen LogP contribution in [-0.4, -0.2) is 45.1 Å². The van der Waals surface area contributed by atoms with E-state index in [9.17, 15) is 8.42 Å². The van der Waals surface area contributed by atoms with E-state index in [1.165, 1.54) is 18.4 Å². The van der Waals surface area contributed by atoms with Gasteiger partial charge in [-0.1, -0.05) is 12.1 Å². The third kappa shape index (κ3) is 6.72. The Kier molecular flexibility index (Phi) is 7.14. The number of hydrogen-bond acceptors (Lipinski definition) is 4. The Morgan fingerprint density at radius 2 is 1.96 bits per heavy atom. The Balaban J connectivity index is 1.88. The molecule has 0 aliphatic heterocycles. The molecule has 0 unspecified atom stereocenters. The van der Waals surface area contributed by atoms with Crippen LogP contribution < -0.4 is 15.4 Å². The number of aryl methyl sites for hydroxylation is 1. The van der Waals surface area contributed by atoms with Crippen molar-refractivity contribution in [3.8, 4) is 5.75 Å². The molecule has 1 fully saturated rings. The van der Waals surface area contributed by atoms with Gasteiger partial charge in [0.15, 0.2) is 15.8 Å². The summed E-state index contributed by atoms with van der Waals surface area (Å²) in [6.45, 7) is 8.86. The van der Waals surface area contributed by atoms with E-state index in [0.717, 1.165) is 17.9 Å². The molecule has 0 atom stereocenters. The largest absolute Gasteiger partial charge is 0.493 e. The summed E-state index contributed by atoms with van der Waals surface area (Å²) >= 11 is 0. The van der Waals surface area contributed by atoms with Crippen LogP contribution in [0.5, 0.6) is 5.75 Å². The van der Waals surface area contributed by atoms with Gasteiger partial charge in [0, 0.05) is 25.7 Å². The third-order valence-electron chi connectivity index (χ3n) is 4.66. The maximum absolute atomic E-state index is 12.2. The predicted octanol–water partition coefficient (Wildman–Crippen LogP) is 2.66. The van der Waals surface area contributed by atoms with Gasteiger partial charge in [0.05, 0.1) is 17.1 Å². The van der Waals surface area contributed by atoms with Crippen LogP contribution in [0.25, 0.3) is 0 Å². The standard InChI is InChI=1S/C20H33N3O3S/c1-15-6-9-17(18(12-15)26-14-16-7-8-16)13-23-19(21-5)22-10-11-27(24,25)20(2,3)4/h6,9,12,16H,7-8,10-11,13-14H2,1-5H3,(H2,21,22,23). The monoisotopic (exact) mass is 395 g/mol. The van der Waals surface area contributed by atoms with Gasteiger partial charge in [-0.2, -0.15) is 0 Å². The average Bonchev–Trinajstić information content (AvgIpc) is 3.40. The molecule has 0 spiro atoms. The van der Waals surface area contributed by atoms with Crippen LogP contribution in [0, 0.1) is 12.8 Å². The number of nitrogens with zero attached hydrogens (tertiary/aromatic N) is 1. The van der Waals surface area contributed by atoms with Gasteiger partial charge in [-0.3, -0.25) is 4.99 Å². The SMILES string of the molecule is CN=C(NCCS(=O)(=O)C(C)(C)C)NCc1ccc(C)cc1OCC1CC1. The molecule has 0 bridgehead atoms. The second-order valence-corrected chi connectivity index (χ2v) is 11.0. The minimum atomic E-state index is -3.16. The van der Waals surface area contributed by atoms with Crippen molar-refractivity contribution in [1.29, 1.82) is 0 Å². The van der Waals surface area contributed by atoms with Crippen molar-refractivity contribution >= 4 is 15.8 Å². The fraction of sp³-hybridized carbons (Fsp3) is 0.650. The fourth-order valence-electron chi connectivity index (χ4n) is 2.44. The van der Waals surface area contributed by atoms with Gasteiger partial charge in [0.2, 0.25) is 0 Å². The quantitative estimate of drug-likeness (QED) is 0.523. The number of sulfone groups is 1.